The van der Waals surface area contributed by atoms with Gasteiger partial charge in [-0.05, 0) is 24.6 Å². The first kappa shape index (κ1) is 14.9. The summed E-state index contributed by atoms with van der Waals surface area (Å²) in [6.07, 6.45) is 0. The average molecular weight is 380 g/mol. The van der Waals surface area contributed by atoms with Gasteiger partial charge in [0.15, 0.2) is 0 Å². The van der Waals surface area contributed by atoms with E-state index in [0.29, 0.717) is 11.3 Å². The number of aromatic amines is 1. The second kappa shape index (κ2) is 5.66. The average Bonchev–Trinajstić information content (AvgIpc) is 2.85. The zero-order valence-corrected chi connectivity index (χ0v) is 13.9. The number of aromatic nitrogens is 2. The van der Waals surface area contributed by atoms with Gasteiger partial charge in [-0.1, -0.05) is 45.7 Å². The van der Waals surface area contributed by atoms with Crippen LogP contribution in [0.3, 0.4) is 0 Å². The fourth-order valence-corrected chi connectivity index (χ4v) is 3.00. The van der Waals surface area contributed by atoms with Crippen LogP contribution in [-0.2, 0) is 0 Å². The molecule has 0 atom stereocenters. The standard InChI is InChI=1S/C16H12BrClN2O2/c1-8-15(9-4-2-3-5-11(9)17)16(20-19-8)10-6-12(18)14(22)7-13(10)21/h2-7,21-22H,1H3,(H,19,20). The molecule has 2 aromatic carbocycles. The number of H-pyrrole nitrogens is 1. The van der Waals surface area contributed by atoms with Crippen molar-refractivity contribution in [3.05, 3.63) is 51.6 Å². The predicted molar refractivity (Wildman–Crippen MR) is 90.2 cm³/mol. The molecule has 3 rings (SSSR count). The van der Waals surface area contributed by atoms with Crippen LogP contribution in [0.15, 0.2) is 40.9 Å². The lowest BCUT2D eigenvalue weighted by molar-refractivity contribution is 0.452. The maximum Gasteiger partial charge on any atom is 0.137 e. The Morgan fingerprint density at radius 1 is 1.09 bits per heavy atom. The van der Waals surface area contributed by atoms with E-state index < -0.39 is 0 Å². The van der Waals surface area contributed by atoms with E-state index in [9.17, 15) is 10.2 Å². The SMILES string of the molecule is Cc1[nH]nc(-c2cc(Cl)c(O)cc2O)c1-c1ccccc1Br. The van der Waals surface area contributed by atoms with E-state index in [4.69, 9.17) is 11.6 Å². The van der Waals surface area contributed by atoms with Gasteiger partial charge in [0.05, 0.1) is 5.02 Å². The molecule has 0 aliphatic carbocycles. The molecule has 0 saturated carbocycles. The highest BCUT2D eigenvalue weighted by atomic mass is 79.9. The van der Waals surface area contributed by atoms with Crippen molar-refractivity contribution in [1.29, 1.82) is 0 Å². The smallest absolute Gasteiger partial charge is 0.137 e. The van der Waals surface area contributed by atoms with E-state index >= 15 is 0 Å². The zero-order valence-electron chi connectivity index (χ0n) is 11.6. The van der Waals surface area contributed by atoms with Gasteiger partial charge < -0.3 is 10.2 Å². The quantitative estimate of drug-likeness (QED) is 0.594. The van der Waals surface area contributed by atoms with E-state index in [-0.39, 0.29) is 16.5 Å². The molecule has 3 N–H and O–H groups in total. The van der Waals surface area contributed by atoms with E-state index in [1.54, 1.807) is 0 Å². The molecule has 0 amide bonds. The van der Waals surface area contributed by atoms with Gasteiger partial charge in [0.1, 0.15) is 17.2 Å². The second-order valence-corrected chi connectivity index (χ2v) is 6.13. The van der Waals surface area contributed by atoms with E-state index in [1.807, 2.05) is 31.2 Å². The van der Waals surface area contributed by atoms with Crippen molar-refractivity contribution >= 4 is 27.5 Å². The number of phenolic OH excluding ortho intramolecular Hbond substituents is 2. The highest BCUT2D eigenvalue weighted by Crippen LogP contribution is 2.42. The molecule has 1 heterocycles. The number of benzene rings is 2. The molecule has 0 spiro atoms. The Bertz CT molecular complexity index is 861. The van der Waals surface area contributed by atoms with Gasteiger partial charge in [0, 0.05) is 27.4 Å². The highest BCUT2D eigenvalue weighted by molar-refractivity contribution is 9.10. The topological polar surface area (TPSA) is 69.1 Å². The number of rotatable bonds is 2. The molecule has 0 unspecified atom stereocenters. The summed E-state index contributed by atoms with van der Waals surface area (Å²) in [5.74, 6) is -0.251. The third kappa shape index (κ3) is 2.46. The molecule has 0 radical (unpaired) electrons. The number of halogens is 2. The Morgan fingerprint density at radius 3 is 2.55 bits per heavy atom. The first-order valence-electron chi connectivity index (χ1n) is 6.50. The number of nitrogens with one attached hydrogen (secondary N) is 1. The third-order valence-corrected chi connectivity index (χ3v) is 4.40. The normalized spacial score (nSPS) is 10.9. The number of nitrogens with zero attached hydrogens (tertiary/aromatic N) is 1. The van der Waals surface area contributed by atoms with Crippen molar-refractivity contribution in [2.45, 2.75) is 6.92 Å². The Labute approximate surface area is 140 Å². The minimum absolute atomic E-state index is 0.0818. The molecule has 0 aliphatic heterocycles. The van der Waals surface area contributed by atoms with E-state index in [1.165, 1.54) is 12.1 Å². The maximum absolute atomic E-state index is 10.1. The summed E-state index contributed by atoms with van der Waals surface area (Å²) in [7, 11) is 0. The first-order chi connectivity index (χ1) is 10.5. The third-order valence-electron chi connectivity index (χ3n) is 3.41. The zero-order chi connectivity index (χ0) is 15.9. The molecular formula is C16H12BrClN2O2. The number of hydrogen-bond donors (Lipinski definition) is 3. The largest absolute Gasteiger partial charge is 0.507 e. The van der Waals surface area contributed by atoms with Gasteiger partial charge >= 0.3 is 0 Å². The number of phenols is 2. The number of aromatic hydroxyl groups is 2. The summed E-state index contributed by atoms with van der Waals surface area (Å²) >= 11 is 9.50. The summed E-state index contributed by atoms with van der Waals surface area (Å²) < 4.78 is 0.921. The van der Waals surface area contributed by atoms with Crippen LogP contribution in [0.2, 0.25) is 5.02 Å². The summed E-state index contributed by atoms with van der Waals surface area (Å²) in [6, 6.07) is 10.5. The summed E-state index contributed by atoms with van der Waals surface area (Å²) in [4.78, 5) is 0. The van der Waals surface area contributed by atoms with Crippen LogP contribution in [0.4, 0.5) is 0 Å². The van der Waals surface area contributed by atoms with Crippen molar-refractivity contribution in [2.24, 2.45) is 0 Å². The van der Waals surface area contributed by atoms with Crippen molar-refractivity contribution in [1.82, 2.24) is 10.2 Å². The van der Waals surface area contributed by atoms with Gasteiger partial charge in [-0.2, -0.15) is 5.10 Å². The molecule has 112 valence electrons. The lowest BCUT2D eigenvalue weighted by Crippen LogP contribution is -1.87. The van der Waals surface area contributed by atoms with E-state index in [2.05, 4.69) is 26.1 Å². The summed E-state index contributed by atoms with van der Waals surface area (Å²) in [5.41, 5.74) is 3.71. The number of hydrogen-bond acceptors (Lipinski definition) is 3. The van der Waals surface area contributed by atoms with Crippen LogP contribution >= 0.6 is 27.5 Å². The van der Waals surface area contributed by atoms with Crippen LogP contribution in [-0.4, -0.2) is 20.4 Å². The Kier molecular flexibility index (Phi) is 3.85. The van der Waals surface area contributed by atoms with Crippen LogP contribution in [0, 0.1) is 6.92 Å². The Morgan fingerprint density at radius 2 is 1.82 bits per heavy atom. The molecule has 3 aromatic rings. The van der Waals surface area contributed by atoms with Crippen LogP contribution in [0.25, 0.3) is 22.4 Å². The summed E-state index contributed by atoms with van der Waals surface area (Å²) in [5, 5.41) is 27.1. The molecule has 0 saturated heterocycles. The molecule has 4 nitrogen and oxygen atoms in total. The molecule has 6 heteroatoms. The molecular weight excluding hydrogens is 368 g/mol. The molecule has 22 heavy (non-hydrogen) atoms. The van der Waals surface area contributed by atoms with Crippen molar-refractivity contribution in [3.63, 3.8) is 0 Å². The van der Waals surface area contributed by atoms with Crippen molar-refractivity contribution in [2.75, 3.05) is 0 Å². The molecule has 0 bridgehead atoms. The van der Waals surface area contributed by atoms with Gasteiger partial charge in [-0.25, -0.2) is 0 Å². The maximum atomic E-state index is 10.1. The van der Waals surface area contributed by atoms with Gasteiger partial charge in [-0.15, -0.1) is 0 Å². The van der Waals surface area contributed by atoms with Crippen LogP contribution in [0.5, 0.6) is 11.5 Å². The predicted octanol–water partition coefficient (Wildman–Crippen LogP) is 4.88. The van der Waals surface area contributed by atoms with Gasteiger partial charge in [0.2, 0.25) is 0 Å². The van der Waals surface area contributed by atoms with E-state index in [0.717, 1.165) is 21.3 Å². The van der Waals surface area contributed by atoms with Crippen LogP contribution in [0.1, 0.15) is 5.69 Å². The molecule has 0 fully saturated rings. The minimum Gasteiger partial charge on any atom is -0.507 e. The monoisotopic (exact) mass is 378 g/mol. The van der Waals surface area contributed by atoms with Gasteiger partial charge in [0.25, 0.3) is 0 Å². The number of aryl methyl sites for hydroxylation is 1. The lowest BCUT2D eigenvalue weighted by atomic mass is 9.98. The lowest BCUT2D eigenvalue weighted by Gasteiger charge is -2.09. The molecule has 1 aromatic heterocycles. The minimum atomic E-state index is -0.169. The first-order valence-corrected chi connectivity index (χ1v) is 7.68. The Hall–Kier alpha value is -1.98. The fraction of sp³-hybridized carbons (Fsp3) is 0.0625. The fourth-order valence-electron chi connectivity index (χ4n) is 2.36. The Balaban J connectivity index is 2.27. The summed E-state index contributed by atoms with van der Waals surface area (Å²) in [6.45, 7) is 1.91. The second-order valence-electron chi connectivity index (χ2n) is 4.87. The van der Waals surface area contributed by atoms with Crippen molar-refractivity contribution in [3.8, 4) is 33.9 Å². The highest BCUT2D eigenvalue weighted by Gasteiger charge is 2.20. The van der Waals surface area contributed by atoms with Crippen LogP contribution < -0.4 is 0 Å². The van der Waals surface area contributed by atoms with Crippen molar-refractivity contribution < 1.29 is 10.2 Å². The van der Waals surface area contributed by atoms with Gasteiger partial charge in [-0.3, -0.25) is 5.10 Å². The molecule has 0 aliphatic rings.